The minimum atomic E-state index is -4.73. The van der Waals surface area contributed by atoms with Gasteiger partial charge in [-0.1, -0.05) is 38.1 Å². The number of nitrogens with one attached hydrogen (secondary N) is 3. The van der Waals surface area contributed by atoms with Crippen LogP contribution in [0.25, 0.3) is 11.0 Å². The lowest BCUT2D eigenvalue weighted by Crippen LogP contribution is -2.54. The Morgan fingerprint density at radius 1 is 0.987 bits per heavy atom. The highest BCUT2D eigenvalue weighted by atomic mass is 32.2. The van der Waals surface area contributed by atoms with Crippen molar-refractivity contribution in [3.8, 4) is 23.1 Å². The Balaban J connectivity index is 0.847. The van der Waals surface area contributed by atoms with E-state index in [0.29, 0.717) is 62.5 Å². The van der Waals surface area contributed by atoms with E-state index in [2.05, 4.69) is 67.8 Å². The summed E-state index contributed by atoms with van der Waals surface area (Å²) < 4.78 is 55.5. The van der Waals surface area contributed by atoms with Crippen LogP contribution in [0.2, 0.25) is 0 Å². The van der Waals surface area contributed by atoms with Crippen LogP contribution in [0.5, 0.6) is 23.1 Å². The third-order valence-corrected chi connectivity index (χ3v) is 18.6. The summed E-state index contributed by atoms with van der Waals surface area (Å²) in [6, 6.07) is 20.6. The molecule has 2 aromatic heterocycles. The van der Waals surface area contributed by atoms with Crippen molar-refractivity contribution < 1.29 is 42.2 Å². The van der Waals surface area contributed by atoms with Crippen LogP contribution in [0, 0.1) is 21.4 Å². The molecule has 2 aliphatic carbocycles. The van der Waals surface area contributed by atoms with Gasteiger partial charge < -0.3 is 39.3 Å². The number of aliphatic hydroxyl groups is 1. The molecule has 11 rings (SSSR count). The second-order valence-electron chi connectivity index (χ2n) is 22.6. The topological polar surface area (TPSA) is 214 Å². The number of amides is 1. The Morgan fingerprint density at radius 3 is 2.53 bits per heavy atom. The molecule has 0 radical (unpaired) electrons. The number of rotatable bonds is 14. The van der Waals surface area contributed by atoms with Crippen molar-refractivity contribution in [2.75, 3.05) is 69.9 Å². The van der Waals surface area contributed by atoms with E-state index < -0.39 is 37.0 Å². The fourth-order valence-electron chi connectivity index (χ4n) is 12.7. The zero-order chi connectivity index (χ0) is 52.2. The van der Waals surface area contributed by atoms with Gasteiger partial charge in [-0.2, -0.15) is 4.98 Å². The summed E-state index contributed by atoms with van der Waals surface area (Å²) in [5.74, 6) is 0.0226. The minimum absolute atomic E-state index is 0.0102. The highest BCUT2D eigenvalue weighted by Gasteiger charge is 2.50. The zero-order valence-corrected chi connectivity index (χ0v) is 44.2. The van der Waals surface area contributed by atoms with Crippen LogP contribution in [0.3, 0.4) is 0 Å². The molecule has 0 bridgehead atoms. The van der Waals surface area contributed by atoms with Crippen molar-refractivity contribution in [2.24, 2.45) is 11.3 Å². The molecule has 75 heavy (non-hydrogen) atoms. The second kappa shape index (κ2) is 20.5. The number of fused-ring (bicyclic) bond motifs is 2. The van der Waals surface area contributed by atoms with Gasteiger partial charge in [-0.05, 0) is 137 Å². The summed E-state index contributed by atoms with van der Waals surface area (Å²) in [5, 5.41) is 27.0. The van der Waals surface area contributed by atoms with Gasteiger partial charge >= 0.3 is 0 Å². The van der Waals surface area contributed by atoms with E-state index in [1.54, 1.807) is 24.4 Å². The molecule has 2 saturated carbocycles. The maximum absolute atomic E-state index is 14.5. The first-order valence-corrected chi connectivity index (χ1v) is 28.3. The number of sulfonamides is 1. The van der Waals surface area contributed by atoms with Crippen molar-refractivity contribution in [1.82, 2.24) is 24.5 Å². The maximum Gasteiger partial charge on any atom is 0.297 e. The largest absolute Gasteiger partial charge is 0.489 e. The van der Waals surface area contributed by atoms with Gasteiger partial charge in [0.1, 0.15) is 24.6 Å². The van der Waals surface area contributed by atoms with Crippen LogP contribution in [0.1, 0.15) is 118 Å². The lowest BCUT2D eigenvalue weighted by atomic mass is 9.59. The molecule has 5 aromatic rings. The third-order valence-electron chi connectivity index (χ3n) is 17.3. The first kappa shape index (κ1) is 51.1. The van der Waals surface area contributed by atoms with E-state index in [-0.39, 0.29) is 71.0 Å². The van der Waals surface area contributed by atoms with Crippen molar-refractivity contribution in [3.05, 3.63) is 99.7 Å². The van der Waals surface area contributed by atoms with Gasteiger partial charge in [-0.15, -0.1) is 0 Å². The molecule has 3 aromatic carbocycles. The van der Waals surface area contributed by atoms with Gasteiger partial charge in [-0.25, -0.2) is 13.1 Å². The molecule has 3 saturated heterocycles. The fourth-order valence-corrected chi connectivity index (χ4v) is 13.7. The Hall–Kier alpha value is -5.99. The Labute approximate surface area is 438 Å². The molecule has 3 atom stereocenters. The normalized spacial score (nSPS) is 25.3. The predicted molar refractivity (Wildman–Crippen MR) is 285 cm³/mol. The highest BCUT2D eigenvalue weighted by molar-refractivity contribution is 7.90. The number of nitrogens with zero attached hydrogens (tertiary/aromatic N) is 5. The molecular formula is C56H70N8O10S. The highest BCUT2D eigenvalue weighted by Crippen LogP contribution is 2.55. The van der Waals surface area contributed by atoms with Gasteiger partial charge in [0.2, 0.25) is 0 Å². The molecule has 400 valence electrons. The van der Waals surface area contributed by atoms with Crippen LogP contribution in [-0.2, 0) is 14.8 Å². The van der Waals surface area contributed by atoms with Gasteiger partial charge in [0.15, 0.2) is 17.2 Å². The van der Waals surface area contributed by atoms with Gasteiger partial charge in [0, 0.05) is 67.2 Å². The molecule has 1 amide bonds. The molecule has 1 spiro atoms. The van der Waals surface area contributed by atoms with Gasteiger partial charge in [-0.3, -0.25) is 24.7 Å². The van der Waals surface area contributed by atoms with Crippen molar-refractivity contribution in [1.29, 1.82) is 0 Å². The number of benzene rings is 3. The third kappa shape index (κ3) is 10.5. The number of pyridine rings is 1. The molecule has 18 nitrogen and oxygen atoms in total. The smallest absolute Gasteiger partial charge is 0.297 e. The Kier molecular flexibility index (Phi) is 14.0. The van der Waals surface area contributed by atoms with Crippen LogP contribution in [0.15, 0.2) is 77.8 Å². The average Bonchev–Trinajstić information content (AvgIpc) is 4.07. The Morgan fingerprint density at radius 2 is 1.77 bits per heavy atom. The number of nitro groups is 1. The zero-order valence-electron chi connectivity index (χ0n) is 43.4. The van der Waals surface area contributed by atoms with E-state index >= 15 is 0 Å². The van der Waals surface area contributed by atoms with Gasteiger partial charge in [0.25, 0.3) is 27.5 Å². The van der Waals surface area contributed by atoms with E-state index in [4.69, 9.17) is 23.9 Å². The quantitative estimate of drug-likeness (QED) is 0.0604. The number of aromatic nitrogens is 2. The summed E-state index contributed by atoms with van der Waals surface area (Å²) >= 11 is 0. The number of aromatic amines is 1. The number of likely N-dealkylation sites (N-methyl/N-ethyl adjacent to an activating group) is 1. The number of piperidine rings is 1. The molecule has 6 heterocycles. The summed E-state index contributed by atoms with van der Waals surface area (Å²) in [7, 11) is -2.72. The van der Waals surface area contributed by atoms with Crippen molar-refractivity contribution >= 4 is 44.0 Å². The van der Waals surface area contributed by atoms with Crippen LogP contribution < -0.4 is 29.1 Å². The molecule has 4 N–H and O–H groups in total. The molecule has 4 aliphatic heterocycles. The first-order valence-electron chi connectivity index (χ1n) is 26.8. The number of carbonyl (C=O) groups is 1. The predicted octanol–water partition coefficient (Wildman–Crippen LogP) is 8.92. The van der Waals surface area contributed by atoms with Crippen LogP contribution >= 0.6 is 0 Å². The summed E-state index contributed by atoms with van der Waals surface area (Å²) in [6.07, 6.45) is 11.1. The molecular weight excluding hydrogens is 977 g/mol. The lowest BCUT2D eigenvalue weighted by Gasteiger charge is -2.56. The van der Waals surface area contributed by atoms with Crippen molar-refractivity contribution in [3.63, 3.8) is 0 Å². The summed E-state index contributed by atoms with van der Waals surface area (Å²) in [5.41, 5.74) is 3.30. The standard InChI is InChI=1S/C56H70N8O10S/c1-35(2)42-8-5-6-9-43(42)46-10-7-21-63(46)39-30-56(31-39)18-22-62(23-19-56)38-11-12-44(48(27-38)74-50-26-37-15-20-57-52(37)59-54(50)73-33-40-32-71-25-24-61(40)4)53(65)60-75(69,70)41-28-47(64(67)68)51-49(29-41)72-34-45(58-51)36-13-16-55(3,66)17-14-36/h5-6,8-9,11-12,15,20,26-29,35-36,39-40,45-46,58,66H,7,10,13-14,16-19,21-25,30-34H2,1-4H3,(H,57,59)(H,60,65)/t36?,40-,45+,46-,55?/m0/s1. The Bertz CT molecular complexity index is 3050. The van der Waals surface area contributed by atoms with Crippen LogP contribution in [-0.4, -0.2) is 128 Å². The SMILES string of the molecule is CC(C)c1ccccc1[C@@H]1CCCN1C1CC2(CCN(c3ccc(C(=O)NS(=O)(=O)c4cc5c(c([N+](=O)[O-])c4)N[C@@H](C4CCC(C)(O)CC4)CO5)c(Oc4cc5cc[nH]c5nc4OC[C@@H]4COCCN4C)c3)CC2)C1. The molecule has 6 aliphatic rings. The summed E-state index contributed by atoms with van der Waals surface area (Å²) in [4.78, 5) is 41.0. The number of nitro benzene ring substituents is 1. The average molecular weight is 1050 g/mol. The van der Waals surface area contributed by atoms with Gasteiger partial charge in [0.05, 0.1) is 46.3 Å². The number of anilines is 2. The number of morpholine rings is 1. The van der Waals surface area contributed by atoms with Crippen LogP contribution in [0.4, 0.5) is 17.1 Å². The number of hydrogen-bond acceptors (Lipinski definition) is 15. The number of H-pyrrole nitrogens is 1. The fraction of sp³-hybridized carbons (Fsp3) is 0.536. The van der Waals surface area contributed by atoms with E-state index in [1.807, 2.05) is 26.1 Å². The van der Waals surface area contributed by atoms with Crippen molar-refractivity contribution in [2.45, 2.75) is 126 Å². The van der Waals surface area contributed by atoms with E-state index in [1.165, 1.54) is 42.9 Å². The number of carbonyl (C=O) groups excluding carboxylic acids is 1. The second-order valence-corrected chi connectivity index (χ2v) is 24.3. The van der Waals surface area contributed by atoms with E-state index in [9.17, 15) is 28.4 Å². The number of hydrogen-bond donors (Lipinski definition) is 4. The first-order chi connectivity index (χ1) is 36.0. The minimum Gasteiger partial charge on any atom is -0.489 e. The van der Waals surface area contributed by atoms with E-state index in [0.717, 1.165) is 56.2 Å². The molecule has 0 unspecified atom stereocenters. The number of likely N-dealkylation sites (tertiary alicyclic amines) is 1. The number of ether oxygens (including phenoxy) is 4. The molecule has 19 heteroatoms. The maximum atomic E-state index is 14.5. The lowest BCUT2D eigenvalue weighted by molar-refractivity contribution is -0.384. The molecule has 5 fully saturated rings. The monoisotopic (exact) mass is 1050 g/mol. The summed E-state index contributed by atoms with van der Waals surface area (Å²) in [6.45, 7) is 11.3.